The first-order chi connectivity index (χ1) is 11.7. The first-order valence-electron chi connectivity index (χ1n) is 9.66. The van der Waals surface area contributed by atoms with Crippen molar-refractivity contribution in [1.29, 1.82) is 0 Å². The van der Waals surface area contributed by atoms with E-state index in [0.29, 0.717) is 11.8 Å². The second-order valence-electron chi connectivity index (χ2n) is 9.10. The molecule has 0 saturated carbocycles. The van der Waals surface area contributed by atoms with Crippen LogP contribution in [0.5, 0.6) is 0 Å². The number of hydrogen-bond donors (Lipinski definition) is 0. The van der Waals surface area contributed by atoms with Crippen molar-refractivity contribution in [2.45, 2.75) is 66.7 Å². The van der Waals surface area contributed by atoms with E-state index in [0.717, 1.165) is 6.42 Å². The van der Waals surface area contributed by atoms with Crippen molar-refractivity contribution in [3.05, 3.63) is 64.2 Å². The van der Waals surface area contributed by atoms with Gasteiger partial charge in [0.05, 0.1) is 0 Å². The van der Waals surface area contributed by atoms with Crippen LogP contribution in [0.3, 0.4) is 0 Å². The fourth-order valence-electron chi connectivity index (χ4n) is 3.92. The molecule has 3 rings (SSSR count). The molecule has 0 heterocycles. The Labute approximate surface area is 154 Å². The van der Waals surface area contributed by atoms with Crippen molar-refractivity contribution in [2.24, 2.45) is 5.41 Å². The average Bonchev–Trinajstić information content (AvgIpc) is 2.98. The summed E-state index contributed by atoms with van der Waals surface area (Å²) in [5.74, 6) is 1.05. The molecule has 0 saturated heterocycles. The van der Waals surface area contributed by atoms with Gasteiger partial charge in [-0.25, -0.2) is 0 Å². The zero-order valence-corrected chi connectivity index (χ0v) is 16.9. The first-order valence-corrected chi connectivity index (χ1v) is 9.66. The van der Waals surface area contributed by atoms with Crippen LogP contribution in [-0.2, 0) is 6.42 Å². The van der Waals surface area contributed by atoms with Gasteiger partial charge in [-0.15, -0.1) is 0 Å². The Kier molecular flexibility index (Phi) is 4.66. The maximum absolute atomic E-state index is 2.48. The Hall–Kier alpha value is -1.82. The monoisotopic (exact) mass is 332 g/mol. The van der Waals surface area contributed by atoms with Gasteiger partial charge in [-0.1, -0.05) is 96.5 Å². The Balaban J connectivity index is 2.31. The molecule has 0 aromatic heterocycles. The van der Waals surface area contributed by atoms with E-state index >= 15 is 0 Å². The molecule has 0 unspecified atom stereocenters. The quantitative estimate of drug-likeness (QED) is 0.543. The van der Waals surface area contributed by atoms with Crippen molar-refractivity contribution < 1.29 is 0 Å². The largest absolute Gasteiger partial charge is 0.0619 e. The van der Waals surface area contributed by atoms with Gasteiger partial charge in [0, 0.05) is 0 Å². The molecule has 1 aliphatic carbocycles. The molecule has 132 valence electrons. The molecule has 2 aromatic carbocycles. The first kappa shape index (κ1) is 18.0. The molecule has 0 bridgehead atoms. The lowest BCUT2D eigenvalue weighted by Crippen LogP contribution is -2.08. The van der Waals surface area contributed by atoms with E-state index in [-0.39, 0.29) is 5.41 Å². The highest BCUT2D eigenvalue weighted by Gasteiger charge is 2.27. The van der Waals surface area contributed by atoms with Gasteiger partial charge in [0.1, 0.15) is 0 Å². The fourth-order valence-corrected chi connectivity index (χ4v) is 3.92. The molecule has 0 spiro atoms. The Morgan fingerprint density at radius 2 is 1.44 bits per heavy atom. The number of benzene rings is 2. The van der Waals surface area contributed by atoms with Crippen molar-refractivity contribution in [2.75, 3.05) is 0 Å². The third-order valence-corrected chi connectivity index (χ3v) is 5.50. The Bertz CT molecular complexity index is 810. The summed E-state index contributed by atoms with van der Waals surface area (Å²) in [5.41, 5.74) is 10.5. The Morgan fingerprint density at radius 3 is 2.04 bits per heavy atom. The maximum Gasteiger partial charge on any atom is -0.00523 e. The highest BCUT2D eigenvalue weighted by Crippen LogP contribution is 2.44. The molecule has 0 fully saturated rings. The molecule has 0 N–H and O–H groups in total. The van der Waals surface area contributed by atoms with E-state index in [2.05, 4.69) is 90.9 Å². The SMILES string of the molecule is CC(C)c1ccccc1-c1c(C(C)C)ccc2c1C=C(C(C)(C)C)C2. The molecule has 0 nitrogen and oxygen atoms in total. The third kappa shape index (κ3) is 3.32. The van der Waals surface area contributed by atoms with Gasteiger partial charge in [0.15, 0.2) is 0 Å². The molecule has 0 aliphatic heterocycles. The molecule has 2 aromatic rings. The van der Waals surface area contributed by atoms with E-state index in [4.69, 9.17) is 0 Å². The van der Waals surface area contributed by atoms with E-state index < -0.39 is 0 Å². The normalized spacial score (nSPS) is 14.2. The molecular weight excluding hydrogens is 300 g/mol. The lowest BCUT2D eigenvalue weighted by atomic mass is 9.83. The van der Waals surface area contributed by atoms with Crippen molar-refractivity contribution in [1.82, 2.24) is 0 Å². The van der Waals surface area contributed by atoms with Gasteiger partial charge in [-0.05, 0) is 57.1 Å². The summed E-state index contributed by atoms with van der Waals surface area (Å²) in [6.45, 7) is 16.2. The van der Waals surface area contributed by atoms with Crippen molar-refractivity contribution >= 4 is 6.08 Å². The lowest BCUT2D eigenvalue weighted by Gasteiger charge is -2.21. The second-order valence-corrected chi connectivity index (χ2v) is 9.10. The lowest BCUT2D eigenvalue weighted by molar-refractivity contribution is 0.498. The van der Waals surface area contributed by atoms with Gasteiger partial charge in [0.2, 0.25) is 0 Å². The van der Waals surface area contributed by atoms with Crippen LogP contribution in [0.25, 0.3) is 17.2 Å². The zero-order chi connectivity index (χ0) is 18.4. The van der Waals surface area contributed by atoms with Gasteiger partial charge in [-0.2, -0.15) is 0 Å². The second kappa shape index (κ2) is 6.48. The Morgan fingerprint density at radius 1 is 0.800 bits per heavy atom. The van der Waals surface area contributed by atoms with Crippen LogP contribution in [0.15, 0.2) is 42.0 Å². The standard InChI is InChI=1S/C25H32/c1-16(2)20-10-8-9-11-22(20)24-21(17(3)4)13-12-18-14-19(15-23(18)24)25(5,6)7/h8-13,15-17H,14H2,1-7H3. The van der Waals surface area contributed by atoms with Gasteiger partial charge < -0.3 is 0 Å². The smallest absolute Gasteiger partial charge is 0.00523 e. The predicted octanol–water partition coefficient (Wildman–Crippen LogP) is 7.59. The van der Waals surface area contributed by atoms with Crippen LogP contribution < -0.4 is 0 Å². The van der Waals surface area contributed by atoms with Crippen LogP contribution in [0.1, 0.15) is 82.6 Å². The summed E-state index contributed by atoms with van der Waals surface area (Å²) in [6, 6.07) is 13.7. The number of hydrogen-bond acceptors (Lipinski definition) is 0. The average molecular weight is 333 g/mol. The minimum Gasteiger partial charge on any atom is -0.0619 e. The number of rotatable bonds is 3. The minimum absolute atomic E-state index is 0.228. The number of allylic oxidation sites excluding steroid dienone is 1. The minimum atomic E-state index is 0.228. The maximum atomic E-state index is 2.48. The highest BCUT2D eigenvalue weighted by molar-refractivity contribution is 5.85. The molecule has 0 atom stereocenters. The number of fused-ring (bicyclic) bond motifs is 1. The van der Waals surface area contributed by atoms with Crippen LogP contribution >= 0.6 is 0 Å². The summed E-state index contributed by atoms with van der Waals surface area (Å²) in [5, 5.41) is 0. The van der Waals surface area contributed by atoms with Crippen LogP contribution in [-0.4, -0.2) is 0 Å². The van der Waals surface area contributed by atoms with Gasteiger partial charge in [0.25, 0.3) is 0 Å². The molecule has 1 aliphatic rings. The summed E-state index contributed by atoms with van der Waals surface area (Å²) >= 11 is 0. The molecule has 25 heavy (non-hydrogen) atoms. The zero-order valence-electron chi connectivity index (χ0n) is 16.9. The molecular formula is C25H32. The van der Waals surface area contributed by atoms with Gasteiger partial charge in [-0.3, -0.25) is 0 Å². The van der Waals surface area contributed by atoms with E-state index in [1.54, 1.807) is 5.57 Å². The summed E-state index contributed by atoms with van der Waals surface area (Å²) in [6.07, 6.45) is 3.57. The molecule has 0 radical (unpaired) electrons. The summed E-state index contributed by atoms with van der Waals surface area (Å²) in [4.78, 5) is 0. The van der Waals surface area contributed by atoms with Crippen LogP contribution in [0.2, 0.25) is 0 Å². The highest BCUT2D eigenvalue weighted by atomic mass is 14.3. The fraction of sp³-hybridized carbons (Fsp3) is 0.440. The van der Waals surface area contributed by atoms with E-state index in [9.17, 15) is 0 Å². The van der Waals surface area contributed by atoms with Crippen LogP contribution in [0.4, 0.5) is 0 Å². The predicted molar refractivity (Wildman–Crippen MR) is 111 cm³/mol. The van der Waals surface area contributed by atoms with Gasteiger partial charge >= 0.3 is 0 Å². The van der Waals surface area contributed by atoms with Crippen LogP contribution in [0, 0.1) is 5.41 Å². The molecule has 0 amide bonds. The summed E-state index contributed by atoms with van der Waals surface area (Å²) in [7, 11) is 0. The van der Waals surface area contributed by atoms with E-state index in [1.165, 1.54) is 33.4 Å². The third-order valence-electron chi connectivity index (χ3n) is 5.50. The molecule has 0 heteroatoms. The van der Waals surface area contributed by atoms with Crippen molar-refractivity contribution in [3.8, 4) is 11.1 Å². The van der Waals surface area contributed by atoms with E-state index in [1.807, 2.05) is 0 Å². The topological polar surface area (TPSA) is 0 Å². The summed E-state index contributed by atoms with van der Waals surface area (Å²) < 4.78 is 0. The van der Waals surface area contributed by atoms with Crippen molar-refractivity contribution in [3.63, 3.8) is 0 Å².